The number of benzene rings is 1. The van der Waals surface area contributed by atoms with Crippen LogP contribution in [-0.2, 0) is 16.1 Å². The van der Waals surface area contributed by atoms with Crippen LogP contribution in [0.25, 0.3) is 0 Å². The molecule has 0 aliphatic carbocycles. The summed E-state index contributed by atoms with van der Waals surface area (Å²) < 4.78 is 10.9. The molecule has 0 N–H and O–H groups in total. The smallest absolute Gasteiger partial charge is 0.253 e. The van der Waals surface area contributed by atoms with Crippen molar-refractivity contribution in [3.63, 3.8) is 0 Å². The molecule has 5 nitrogen and oxygen atoms in total. The Kier molecular flexibility index (Phi) is 5.51. The van der Waals surface area contributed by atoms with Gasteiger partial charge in [-0.25, -0.2) is 0 Å². The fourth-order valence-electron chi connectivity index (χ4n) is 3.30. The molecule has 2 aliphatic heterocycles. The number of hydrogen-bond donors (Lipinski definition) is 0. The van der Waals surface area contributed by atoms with Crippen molar-refractivity contribution in [2.24, 2.45) is 0 Å². The summed E-state index contributed by atoms with van der Waals surface area (Å²) >= 11 is 0. The number of likely N-dealkylation sites (tertiary alicyclic amines) is 1. The van der Waals surface area contributed by atoms with E-state index in [0.29, 0.717) is 13.2 Å². The summed E-state index contributed by atoms with van der Waals surface area (Å²) in [5.41, 5.74) is 1.23. The Hall–Kier alpha value is -1.59. The Morgan fingerprint density at radius 1 is 1.17 bits per heavy atom. The van der Waals surface area contributed by atoms with E-state index in [2.05, 4.69) is 17.0 Å². The fourth-order valence-corrected chi connectivity index (χ4v) is 3.30. The second-order valence-electron chi connectivity index (χ2n) is 6.33. The third kappa shape index (κ3) is 4.24. The highest BCUT2D eigenvalue weighted by Gasteiger charge is 2.30. The largest absolute Gasteiger partial charge is 0.497 e. The molecule has 0 radical (unpaired) electrons. The predicted molar refractivity (Wildman–Crippen MR) is 88.4 cm³/mol. The lowest BCUT2D eigenvalue weighted by atomic mass is 10.1. The molecule has 0 bridgehead atoms. The van der Waals surface area contributed by atoms with Crippen LogP contribution < -0.4 is 4.74 Å². The lowest BCUT2D eigenvalue weighted by molar-refractivity contribution is -0.150. The lowest BCUT2D eigenvalue weighted by Gasteiger charge is -2.36. The maximum atomic E-state index is 12.6. The Morgan fingerprint density at radius 3 is 2.61 bits per heavy atom. The third-order valence-electron chi connectivity index (χ3n) is 4.66. The minimum absolute atomic E-state index is 0.170. The first-order chi connectivity index (χ1) is 11.3. The Labute approximate surface area is 138 Å². The summed E-state index contributed by atoms with van der Waals surface area (Å²) in [5.74, 6) is 1.04. The molecule has 1 aromatic rings. The van der Waals surface area contributed by atoms with Gasteiger partial charge in [0.15, 0.2) is 0 Å². The second kappa shape index (κ2) is 7.79. The number of carbonyl (C=O) groups is 1. The van der Waals surface area contributed by atoms with Gasteiger partial charge in [-0.05, 0) is 37.0 Å². The number of piperidine rings is 1. The Morgan fingerprint density at radius 2 is 1.91 bits per heavy atom. The number of hydrogen-bond acceptors (Lipinski definition) is 4. The van der Waals surface area contributed by atoms with Crippen molar-refractivity contribution in [2.75, 3.05) is 39.9 Å². The van der Waals surface area contributed by atoms with E-state index in [1.165, 1.54) is 12.0 Å². The zero-order chi connectivity index (χ0) is 16.1. The van der Waals surface area contributed by atoms with Crippen LogP contribution in [0.4, 0.5) is 0 Å². The molecular formula is C18H26N2O3. The first-order valence-corrected chi connectivity index (χ1v) is 8.52. The number of rotatable bonds is 4. The van der Waals surface area contributed by atoms with Crippen molar-refractivity contribution in [3.8, 4) is 5.75 Å². The van der Waals surface area contributed by atoms with Gasteiger partial charge in [-0.2, -0.15) is 0 Å². The van der Waals surface area contributed by atoms with Gasteiger partial charge in [-0.15, -0.1) is 0 Å². The van der Waals surface area contributed by atoms with Gasteiger partial charge < -0.3 is 14.4 Å². The zero-order valence-corrected chi connectivity index (χ0v) is 13.9. The molecule has 2 heterocycles. The fraction of sp³-hybridized carbons (Fsp3) is 0.611. The highest BCUT2D eigenvalue weighted by atomic mass is 16.5. The molecule has 2 aliphatic rings. The van der Waals surface area contributed by atoms with Gasteiger partial charge in [-0.1, -0.05) is 12.1 Å². The van der Waals surface area contributed by atoms with Crippen LogP contribution in [0.3, 0.4) is 0 Å². The molecule has 2 fully saturated rings. The summed E-state index contributed by atoms with van der Waals surface area (Å²) in [4.78, 5) is 16.9. The maximum Gasteiger partial charge on any atom is 0.253 e. The van der Waals surface area contributed by atoms with E-state index >= 15 is 0 Å². The number of carbonyl (C=O) groups excluding carboxylic acids is 1. The number of amides is 1. The van der Waals surface area contributed by atoms with Crippen LogP contribution in [0, 0.1) is 0 Å². The predicted octanol–water partition coefficient (Wildman–Crippen LogP) is 1.91. The molecule has 2 saturated heterocycles. The molecule has 0 aromatic heterocycles. The lowest BCUT2D eigenvalue weighted by Crippen LogP contribution is -2.51. The van der Waals surface area contributed by atoms with Gasteiger partial charge in [-0.3, -0.25) is 9.69 Å². The van der Waals surface area contributed by atoms with Crippen LogP contribution in [0.5, 0.6) is 5.75 Å². The van der Waals surface area contributed by atoms with Crippen LogP contribution in [-0.4, -0.2) is 61.7 Å². The summed E-state index contributed by atoms with van der Waals surface area (Å²) in [7, 11) is 1.67. The van der Waals surface area contributed by atoms with Gasteiger partial charge in [0, 0.05) is 32.7 Å². The van der Waals surface area contributed by atoms with Crippen molar-refractivity contribution in [1.82, 2.24) is 9.80 Å². The summed E-state index contributed by atoms with van der Waals surface area (Å²) in [6.45, 7) is 4.79. The SMILES string of the molecule is COc1ccc(CN2CCOC(C(=O)N3CCCCC3)C2)cc1. The Bertz CT molecular complexity index is 512. The number of methoxy groups -OCH3 is 1. The summed E-state index contributed by atoms with van der Waals surface area (Å²) in [6.07, 6.45) is 3.17. The number of morpholine rings is 1. The first-order valence-electron chi connectivity index (χ1n) is 8.52. The topological polar surface area (TPSA) is 42.0 Å². The highest BCUT2D eigenvalue weighted by molar-refractivity contribution is 5.81. The van der Waals surface area contributed by atoms with Crippen molar-refractivity contribution < 1.29 is 14.3 Å². The minimum atomic E-state index is -0.305. The van der Waals surface area contributed by atoms with Crippen molar-refractivity contribution in [1.29, 1.82) is 0 Å². The van der Waals surface area contributed by atoms with Gasteiger partial charge >= 0.3 is 0 Å². The van der Waals surface area contributed by atoms with Crippen LogP contribution in [0.15, 0.2) is 24.3 Å². The van der Waals surface area contributed by atoms with Crippen molar-refractivity contribution in [3.05, 3.63) is 29.8 Å². The summed E-state index contributed by atoms with van der Waals surface area (Å²) in [6, 6.07) is 8.11. The quantitative estimate of drug-likeness (QED) is 0.850. The Balaban J connectivity index is 1.55. The molecule has 1 amide bonds. The molecule has 5 heteroatoms. The van der Waals surface area contributed by atoms with Crippen LogP contribution in [0.1, 0.15) is 24.8 Å². The normalized spacial score (nSPS) is 22.8. The zero-order valence-electron chi connectivity index (χ0n) is 13.9. The van der Waals surface area contributed by atoms with E-state index in [4.69, 9.17) is 9.47 Å². The van der Waals surface area contributed by atoms with Gasteiger partial charge in [0.05, 0.1) is 13.7 Å². The van der Waals surface area contributed by atoms with E-state index < -0.39 is 0 Å². The molecule has 1 unspecified atom stereocenters. The van der Waals surface area contributed by atoms with Gasteiger partial charge in [0.1, 0.15) is 11.9 Å². The van der Waals surface area contributed by atoms with E-state index in [0.717, 1.165) is 44.8 Å². The highest BCUT2D eigenvalue weighted by Crippen LogP contribution is 2.17. The second-order valence-corrected chi connectivity index (χ2v) is 6.33. The minimum Gasteiger partial charge on any atom is -0.497 e. The standard InChI is InChI=1S/C18H26N2O3/c1-22-16-7-5-15(6-8-16)13-19-11-12-23-17(14-19)18(21)20-9-3-2-4-10-20/h5-8,17H,2-4,9-14H2,1H3. The van der Waals surface area contributed by atoms with Crippen LogP contribution in [0.2, 0.25) is 0 Å². The van der Waals surface area contributed by atoms with Crippen molar-refractivity contribution in [2.45, 2.75) is 31.9 Å². The molecule has 126 valence electrons. The van der Waals surface area contributed by atoms with Gasteiger partial charge in [0.2, 0.25) is 0 Å². The molecule has 0 saturated carbocycles. The first kappa shape index (κ1) is 16.3. The van der Waals surface area contributed by atoms with Crippen LogP contribution >= 0.6 is 0 Å². The van der Waals surface area contributed by atoms with E-state index in [9.17, 15) is 4.79 Å². The molecule has 1 atom stereocenters. The molecule has 1 aromatic carbocycles. The maximum absolute atomic E-state index is 12.6. The summed E-state index contributed by atoms with van der Waals surface area (Å²) in [5, 5.41) is 0. The molecule has 0 spiro atoms. The molecular weight excluding hydrogens is 292 g/mol. The molecule has 23 heavy (non-hydrogen) atoms. The van der Waals surface area contributed by atoms with E-state index in [1.807, 2.05) is 17.0 Å². The van der Waals surface area contributed by atoms with Gasteiger partial charge in [0.25, 0.3) is 5.91 Å². The van der Waals surface area contributed by atoms with E-state index in [1.54, 1.807) is 7.11 Å². The monoisotopic (exact) mass is 318 g/mol. The average molecular weight is 318 g/mol. The number of ether oxygens (including phenoxy) is 2. The average Bonchev–Trinajstić information content (AvgIpc) is 2.63. The number of nitrogens with zero attached hydrogens (tertiary/aromatic N) is 2. The van der Waals surface area contributed by atoms with E-state index in [-0.39, 0.29) is 12.0 Å². The molecule has 3 rings (SSSR count). The van der Waals surface area contributed by atoms with Crippen molar-refractivity contribution >= 4 is 5.91 Å². The third-order valence-corrected chi connectivity index (χ3v) is 4.66.